The van der Waals surface area contributed by atoms with Gasteiger partial charge in [0, 0.05) is 5.56 Å². The summed E-state index contributed by atoms with van der Waals surface area (Å²) in [7, 11) is 0. The molecule has 1 rings (SSSR count). The molecule has 0 aromatic heterocycles. The van der Waals surface area contributed by atoms with Crippen LogP contribution in [0.1, 0.15) is 10.4 Å². The van der Waals surface area contributed by atoms with Crippen LogP contribution in [0.2, 0.25) is 0 Å². The lowest BCUT2D eigenvalue weighted by Crippen LogP contribution is -1.76. The van der Waals surface area contributed by atoms with Crippen molar-refractivity contribution in [3.63, 3.8) is 0 Å². The van der Waals surface area contributed by atoms with Gasteiger partial charge in [0.25, 0.3) is 0 Å². The number of hydrogen-bond donors (Lipinski definition) is 0. The second kappa shape index (κ2) is 2.60. The maximum Gasteiger partial charge on any atom is 0.150 e. The van der Waals surface area contributed by atoms with E-state index in [9.17, 15) is 4.79 Å². The molecule has 0 fully saturated rings. The summed E-state index contributed by atoms with van der Waals surface area (Å²) in [6.07, 6.45) is 0.800. The van der Waals surface area contributed by atoms with Crippen molar-refractivity contribution in [3.8, 4) is 0 Å². The van der Waals surface area contributed by atoms with Gasteiger partial charge >= 0.3 is 0 Å². The fourth-order valence-corrected chi connectivity index (χ4v) is 0.682. The van der Waals surface area contributed by atoms with Crippen molar-refractivity contribution in [1.29, 1.82) is 0 Å². The summed E-state index contributed by atoms with van der Waals surface area (Å²) in [4.78, 5) is 10.8. The largest absolute Gasteiger partial charge is 0.780 e. The molecule has 0 N–H and O–H groups in total. The number of benzene rings is 1. The fourth-order valence-electron chi connectivity index (χ4n) is 0.546. The van der Waals surface area contributed by atoms with Crippen LogP contribution in [-0.2, 0) is 12.6 Å². The molecule has 0 saturated carbocycles. The van der Waals surface area contributed by atoms with Crippen LogP contribution < -0.4 is 0 Å². The van der Waals surface area contributed by atoms with Gasteiger partial charge in [0.15, 0.2) is 0 Å². The summed E-state index contributed by atoms with van der Waals surface area (Å²) in [5.41, 5.74) is 0.670. The predicted octanol–water partition coefficient (Wildman–Crippen LogP) is 1.40. The van der Waals surface area contributed by atoms with Crippen LogP contribution in [0.4, 0.5) is 0 Å². The van der Waals surface area contributed by atoms with E-state index in [0.717, 1.165) is 11.2 Å². The maximum absolute atomic E-state index is 10.1. The summed E-state index contributed by atoms with van der Waals surface area (Å²) in [5.74, 6) is 0. The highest BCUT2D eigenvalue weighted by atomic mass is 32.1. The third-order valence-corrected chi connectivity index (χ3v) is 1.29. The van der Waals surface area contributed by atoms with Crippen LogP contribution in [0, 0.1) is 0 Å². The highest BCUT2D eigenvalue weighted by Gasteiger charge is 1.81. The standard InChI is InChI=1S/C7H6OS/c8-5-6-1-3-7(9)4-2-6/h1-5,9H/p-1. The Morgan fingerprint density at radius 2 is 1.78 bits per heavy atom. The number of aldehydes is 1. The van der Waals surface area contributed by atoms with Crippen molar-refractivity contribution in [2.75, 3.05) is 0 Å². The van der Waals surface area contributed by atoms with Crippen molar-refractivity contribution in [3.05, 3.63) is 29.8 Å². The van der Waals surface area contributed by atoms with Gasteiger partial charge in [-0.25, -0.2) is 0 Å². The van der Waals surface area contributed by atoms with Crippen LogP contribution in [-0.4, -0.2) is 6.29 Å². The van der Waals surface area contributed by atoms with E-state index in [1.54, 1.807) is 24.3 Å². The fraction of sp³-hybridized carbons (Fsp3) is 0. The van der Waals surface area contributed by atoms with Gasteiger partial charge in [-0.1, -0.05) is 24.3 Å². The first-order valence-electron chi connectivity index (χ1n) is 2.55. The lowest BCUT2D eigenvalue weighted by Gasteiger charge is -2.01. The van der Waals surface area contributed by atoms with Crippen LogP contribution in [0.25, 0.3) is 0 Å². The molecule has 0 radical (unpaired) electrons. The summed E-state index contributed by atoms with van der Waals surface area (Å²) in [5, 5.41) is 0. The lowest BCUT2D eigenvalue weighted by atomic mass is 10.2. The molecule has 0 aliphatic carbocycles. The number of hydrogen-bond acceptors (Lipinski definition) is 2. The zero-order valence-electron chi connectivity index (χ0n) is 4.70. The molecule has 0 saturated heterocycles. The van der Waals surface area contributed by atoms with Crippen molar-refractivity contribution >= 4 is 18.9 Å². The van der Waals surface area contributed by atoms with Gasteiger partial charge in [-0.15, -0.1) is 0 Å². The van der Waals surface area contributed by atoms with Crippen LogP contribution in [0.5, 0.6) is 0 Å². The molecule has 0 amide bonds. The zero-order valence-corrected chi connectivity index (χ0v) is 5.52. The first-order chi connectivity index (χ1) is 4.33. The molecule has 2 heteroatoms. The van der Waals surface area contributed by atoms with E-state index in [0.29, 0.717) is 5.56 Å². The molecule has 1 aromatic carbocycles. The first-order valence-corrected chi connectivity index (χ1v) is 2.96. The summed E-state index contributed by atoms with van der Waals surface area (Å²) in [6, 6.07) is 6.88. The molecule has 9 heavy (non-hydrogen) atoms. The van der Waals surface area contributed by atoms with Gasteiger partial charge in [-0.2, -0.15) is 4.90 Å². The van der Waals surface area contributed by atoms with Gasteiger partial charge in [0.1, 0.15) is 6.29 Å². The Kier molecular flexibility index (Phi) is 1.80. The zero-order chi connectivity index (χ0) is 6.69. The Morgan fingerprint density at radius 1 is 1.22 bits per heavy atom. The maximum atomic E-state index is 10.1. The third-order valence-electron chi connectivity index (χ3n) is 1.02. The van der Waals surface area contributed by atoms with Crippen molar-refractivity contribution < 1.29 is 4.79 Å². The van der Waals surface area contributed by atoms with Crippen LogP contribution in [0.3, 0.4) is 0 Å². The SMILES string of the molecule is O=Cc1ccc([S-])cc1. The lowest BCUT2D eigenvalue weighted by molar-refractivity contribution is 0.112. The first kappa shape index (κ1) is 6.23. The highest BCUT2D eigenvalue weighted by Crippen LogP contribution is 1.99. The smallest absolute Gasteiger partial charge is 0.150 e. The van der Waals surface area contributed by atoms with E-state index in [1.807, 2.05) is 0 Å². The molecular formula is C7H5OS-. The molecule has 0 atom stereocenters. The quantitative estimate of drug-likeness (QED) is 0.430. The number of carbonyl (C=O) groups is 1. The minimum absolute atomic E-state index is 0.670. The summed E-state index contributed by atoms with van der Waals surface area (Å²) >= 11 is 4.80. The third kappa shape index (κ3) is 1.50. The molecule has 0 aliphatic heterocycles. The normalized spacial score (nSPS) is 8.89. The topological polar surface area (TPSA) is 17.1 Å². The Morgan fingerprint density at radius 3 is 2.22 bits per heavy atom. The Hall–Kier alpha value is -0.890. The van der Waals surface area contributed by atoms with Gasteiger partial charge in [0.2, 0.25) is 0 Å². The second-order valence-electron chi connectivity index (χ2n) is 1.69. The summed E-state index contributed by atoms with van der Waals surface area (Å²) in [6.45, 7) is 0. The molecule has 1 nitrogen and oxygen atoms in total. The molecule has 0 aliphatic rings. The minimum Gasteiger partial charge on any atom is -0.780 e. The average molecular weight is 137 g/mol. The van der Waals surface area contributed by atoms with E-state index < -0.39 is 0 Å². The molecule has 0 heterocycles. The second-order valence-corrected chi connectivity index (χ2v) is 2.16. The van der Waals surface area contributed by atoms with Crippen molar-refractivity contribution in [2.45, 2.75) is 4.90 Å². The van der Waals surface area contributed by atoms with E-state index in [1.165, 1.54) is 0 Å². The van der Waals surface area contributed by atoms with Gasteiger partial charge < -0.3 is 12.6 Å². The molecule has 0 unspecified atom stereocenters. The van der Waals surface area contributed by atoms with E-state index in [-0.39, 0.29) is 0 Å². The number of carbonyl (C=O) groups excluding carboxylic acids is 1. The molecule has 0 bridgehead atoms. The Labute approximate surface area is 59.1 Å². The van der Waals surface area contributed by atoms with E-state index in [4.69, 9.17) is 12.6 Å². The Balaban J connectivity index is 3.01. The highest BCUT2D eigenvalue weighted by molar-refractivity contribution is 7.58. The van der Waals surface area contributed by atoms with E-state index >= 15 is 0 Å². The van der Waals surface area contributed by atoms with Gasteiger partial charge in [-0.3, -0.25) is 4.79 Å². The molecule has 46 valence electrons. The Bertz CT molecular complexity index is 203. The molecular weight excluding hydrogens is 132 g/mol. The van der Waals surface area contributed by atoms with Crippen molar-refractivity contribution in [1.82, 2.24) is 0 Å². The van der Waals surface area contributed by atoms with Crippen LogP contribution >= 0.6 is 0 Å². The average Bonchev–Trinajstić information content (AvgIpc) is 1.90. The van der Waals surface area contributed by atoms with E-state index in [2.05, 4.69) is 0 Å². The van der Waals surface area contributed by atoms with Crippen molar-refractivity contribution in [2.24, 2.45) is 0 Å². The van der Waals surface area contributed by atoms with Gasteiger partial charge in [-0.05, 0) is 0 Å². The minimum atomic E-state index is 0.670. The monoisotopic (exact) mass is 137 g/mol. The summed E-state index contributed by atoms with van der Waals surface area (Å²) < 4.78 is 0. The number of rotatable bonds is 1. The molecule has 1 aromatic rings. The predicted molar refractivity (Wildman–Crippen MR) is 37.5 cm³/mol. The molecule has 0 spiro atoms. The van der Waals surface area contributed by atoms with Crippen LogP contribution in [0.15, 0.2) is 29.2 Å². The van der Waals surface area contributed by atoms with Gasteiger partial charge in [0.05, 0.1) is 0 Å².